The maximum absolute atomic E-state index is 6.67. The van der Waals surface area contributed by atoms with Gasteiger partial charge in [-0.15, -0.1) is 0 Å². The van der Waals surface area contributed by atoms with Crippen molar-refractivity contribution in [2.45, 2.75) is 0 Å². The number of hydrogen-bond acceptors (Lipinski definition) is 10. The predicted molar refractivity (Wildman–Crippen MR) is 361 cm³/mol. The summed E-state index contributed by atoms with van der Waals surface area (Å²) in [4.78, 5) is 40.1. The average molecular weight is 1150 g/mol. The molecule has 1 aliphatic carbocycles. The molecule has 0 amide bonds. The lowest BCUT2D eigenvalue weighted by atomic mass is 9.93. The van der Waals surface area contributed by atoms with Gasteiger partial charge in [-0.3, -0.25) is 9.97 Å². The van der Waals surface area contributed by atoms with Crippen LogP contribution in [0.2, 0.25) is 0 Å². The molecular formula is C80H44N8O2. The van der Waals surface area contributed by atoms with Crippen LogP contribution in [0.3, 0.4) is 0 Å². The molecule has 416 valence electrons. The van der Waals surface area contributed by atoms with E-state index in [1.54, 1.807) is 24.8 Å². The summed E-state index contributed by atoms with van der Waals surface area (Å²) < 4.78 is 13.0. The van der Waals surface area contributed by atoms with E-state index in [0.717, 1.165) is 110 Å². The van der Waals surface area contributed by atoms with Crippen molar-refractivity contribution in [2.75, 3.05) is 0 Å². The standard InChI is InChI=1S/C80H44N8O2/c1-3-12-47(13-4-1)75-83-76(48-14-5-2-6-15-48)86-80(85-75)67-41-57(42-69-74(67)63-32-34-82-44-71(63)90-69)56-37-52-16-9-18-61-65-39-50(27-30-60(65)66(40-56)72(52)61)49-24-21-45-22-26-53(38-55(45)35-49)77-84-78(54-28-29-59-51(36-54)25-23-46-11-7-8-17-58(46)59)88-79(87-77)64-19-10-20-68-73(64)62-31-33-81-43-70(62)89-68/h1-44H. The summed E-state index contributed by atoms with van der Waals surface area (Å²) in [6.07, 6.45) is 7.13. The molecule has 1 aliphatic rings. The number of aromatic nitrogens is 8. The van der Waals surface area contributed by atoms with Gasteiger partial charge in [-0.05, 0) is 154 Å². The van der Waals surface area contributed by atoms with Gasteiger partial charge in [0, 0.05) is 67.3 Å². The van der Waals surface area contributed by atoms with Crippen LogP contribution in [0.15, 0.2) is 276 Å². The third kappa shape index (κ3) is 7.98. The lowest BCUT2D eigenvalue weighted by Crippen LogP contribution is -2.00. The summed E-state index contributed by atoms with van der Waals surface area (Å²) in [6.45, 7) is 0. The number of rotatable bonds is 8. The van der Waals surface area contributed by atoms with E-state index in [-0.39, 0.29) is 0 Å². The molecule has 10 nitrogen and oxygen atoms in total. The first kappa shape index (κ1) is 49.8. The molecule has 0 fully saturated rings. The number of benzene rings is 12. The van der Waals surface area contributed by atoms with E-state index in [9.17, 15) is 0 Å². The Labute approximate surface area is 513 Å². The molecule has 0 aliphatic heterocycles. The lowest BCUT2D eigenvalue weighted by Gasteiger charge is -2.12. The molecule has 0 radical (unpaired) electrons. The zero-order chi connectivity index (χ0) is 59.0. The first-order valence-electron chi connectivity index (χ1n) is 29.9. The molecule has 0 atom stereocenters. The quantitative estimate of drug-likeness (QED) is 0.136. The van der Waals surface area contributed by atoms with E-state index in [0.29, 0.717) is 46.1 Å². The van der Waals surface area contributed by atoms with Gasteiger partial charge in [0.05, 0.1) is 12.4 Å². The van der Waals surface area contributed by atoms with Crippen LogP contribution in [0.5, 0.6) is 0 Å². The van der Waals surface area contributed by atoms with Gasteiger partial charge in [0.2, 0.25) is 0 Å². The van der Waals surface area contributed by atoms with E-state index < -0.39 is 0 Å². The zero-order valence-electron chi connectivity index (χ0n) is 47.8. The third-order valence-corrected chi connectivity index (χ3v) is 17.8. The Morgan fingerprint density at radius 3 is 1.47 bits per heavy atom. The first-order valence-corrected chi connectivity index (χ1v) is 29.9. The number of pyridine rings is 2. The molecule has 0 saturated heterocycles. The van der Waals surface area contributed by atoms with E-state index in [4.69, 9.17) is 38.7 Å². The van der Waals surface area contributed by atoms with Crippen molar-refractivity contribution < 1.29 is 8.83 Å². The fourth-order valence-electron chi connectivity index (χ4n) is 13.6. The van der Waals surface area contributed by atoms with Gasteiger partial charge in [-0.2, -0.15) is 0 Å². The van der Waals surface area contributed by atoms with Gasteiger partial charge < -0.3 is 8.83 Å². The molecular weight excluding hydrogens is 1100 g/mol. The van der Waals surface area contributed by atoms with Crippen molar-refractivity contribution in [3.63, 3.8) is 0 Å². The summed E-state index contributed by atoms with van der Waals surface area (Å²) in [5, 5.41) is 13.0. The molecule has 18 aromatic rings. The lowest BCUT2D eigenvalue weighted by molar-refractivity contribution is 0.666. The zero-order valence-corrected chi connectivity index (χ0v) is 47.8. The minimum Gasteiger partial charge on any atom is -0.454 e. The molecule has 0 N–H and O–H groups in total. The Hall–Kier alpha value is -12.4. The van der Waals surface area contributed by atoms with Crippen molar-refractivity contribution in [3.8, 4) is 113 Å². The van der Waals surface area contributed by atoms with Crippen molar-refractivity contribution in [3.05, 3.63) is 267 Å². The van der Waals surface area contributed by atoms with Crippen molar-refractivity contribution in [1.29, 1.82) is 0 Å². The molecule has 12 aromatic carbocycles. The van der Waals surface area contributed by atoms with Crippen LogP contribution < -0.4 is 0 Å². The van der Waals surface area contributed by atoms with Crippen LogP contribution in [0.4, 0.5) is 0 Å². The molecule has 10 heteroatoms. The van der Waals surface area contributed by atoms with Crippen LogP contribution in [-0.2, 0) is 0 Å². The van der Waals surface area contributed by atoms with Gasteiger partial charge in [0.1, 0.15) is 11.2 Å². The van der Waals surface area contributed by atoms with Crippen LogP contribution in [0.25, 0.3) is 200 Å². The Morgan fingerprint density at radius 1 is 0.211 bits per heavy atom. The number of hydrogen-bond donors (Lipinski definition) is 0. The van der Waals surface area contributed by atoms with Gasteiger partial charge in [-0.25, -0.2) is 29.9 Å². The second kappa shape index (κ2) is 19.6. The Kier molecular flexibility index (Phi) is 10.8. The maximum Gasteiger partial charge on any atom is 0.164 e. The number of nitrogens with zero attached hydrogens (tertiary/aromatic N) is 8. The predicted octanol–water partition coefficient (Wildman–Crippen LogP) is 20.2. The van der Waals surface area contributed by atoms with E-state index in [1.807, 2.05) is 84.9 Å². The summed E-state index contributed by atoms with van der Waals surface area (Å²) in [7, 11) is 0. The Balaban J connectivity index is 0.716. The Bertz CT molecular complexity index is 6000. The second-order valence-electron chi connectivity index (χ2n) is 23.1. The minimum atomic E-state index is 0.552. The molecule has 0 bridgehead atoms. The molecule has 6 aromatic heterocycles. The second-order valence-corrected chi connectivity index (χ2v) is 23.1. The fraction of sp³-hybridized carbons (Fsp3) is 0. The van der Waals surface area contributed by atoms with Crippen LogP contribution in [0, 0.1) is 0 Å². The van der Waals surface area contributed by atoms with Crippen LogP contribution in [-0.4, -0.2) is 39.9 Å². The largest absolute Gasteiger partial charge is 0.454 e. The summed E-state index contributed by atoms with van der Waals surface area (Å²) in [5.74, 6) is 3.43. The molecule has 0 saturated carbocycles. The molecule has 0 spiro atoms. The van der Waals surface area contributed by atoms with Gasteiger partial charge in [0.25, 0.3) is 0 Å². The highest BCUT2D eigenvalue weighted by molar-refractivity contribution is 6.19. The highest BCUT2D eigenvalue weighted by atomic mass is 16.3. The maximum atomic E-state index is 6.67. The van der Waals surface area contributed by atoms with E-state index >= 15 is 0 Å². The third-order valence-electron chi connectivity index (χ3n) is 17.8. The summed E-state index contributed by atoms with van der Waals surface area (Å²) in [5.41, 5.74) is 17.1. The molecule has 19 rings (SSSR count). The average Bonchev–Trinajstić information content (AvgIpc) is 1.58. The summed E-state index contributed by atoms with van der Waals surface area (Å²) in [6, 6.07) is 85.2. The van der Waals surface area contributed by atoms with Crippen LogP contribution >= 0.6 is 0 Å². The SMILES string of the molecule is c1ccc(-c2nc(-c3ccccc3)nc(-c3cc(-c4cc5c6c(cccc6c4)-c4cc(-c6ccc7ccc(-c8nc(-c9ccc%10c(ccc%11ccccc%11%10)c9)nc(-c9cccc%10oc%11cnccc%11c9%10)n8)cc7c6)ccc4-5)cc4oc5cnccc5c34)n2)cc1. The van der Waals surface area contributed by atoms with E-state index in [2.05, 4.69) is 168 Å². The molecule has 0 unspecified atom stereocenters. The van der Waals surface area contributed by atoms with Gasteiger partial charge >= 0.3 is 0 Å². The topological polar surface area (TPSA) is 129 Å². The van der Waals surface area contributed by atoms with Crippen molar-refractivity contribution in [1.82, 2.24) is 39.9 Å². The molecule has 90 heavy (non-hydrogen) atoms. The van der Waals surface area contributed by atoms with E-state index in [1.165, 1.54) is 43.8 Å². The van der Waals surface area contributed by atoms with Crippen molar-refractivity contribution >= 4 is 87.0 Å². The smallest absolute Gasteiger partial charge is 0.164 e. The highest BCUT2D eigenvalue weighted by Crippen LogP contribution is 2.51. The fourth-order valence-corrected chi connectivity index (χ4v) is 13.6. The number of fused-ring (bicyclic) bond motifs is 13. The number of furan rings is 2. The first-order chi connectivity index (χ1) is 44.5. The molecule has 6 heterocycles. The Morgan fingerprint density at radius 2 is 0.711 bits per heavy atom. The van der Waals surface area contributed by atoms with Gasteiger partial charge in [0.15, 0.2) is 46.1 Å². The van der Waals surface area contributed by atoms with Gasteiger partial charge in [-0.1, -0.05) is 176 Å². The highest BCUT2D eigenvalue weighted by Gasteiger charge is 2.26. The minimum absolute atomic E-state index is 0.552. The normalized spacial score (nSPS) is 12.0. The van der Waals surface area contributed by atoms with Crippen LogP contribution in [0.1, 0.15) is 0 Å². The van der Waals surface area contributed by atoms with Crippen molar-refractivity contribution in [2.24, 2.45) is 0 Å². The monoisotopic (exact) mass is 1150 g/mol. The summed E-state index contributed by atoms with van der Waals surface area (Å²) >= 11 is 0.